The van der Waals surface area contributed by atoms with E-state index in [1.54, 1.807) is 18.9 Å². The van der Waals surface area contributed by atoms with Crippen LogP contribution in [0.5, 0.6) is 5.75 Å². The van der Waals surface area contributed by atoms with E-state index in [-0.39, 0.29) is 5.91 Å². The molecule has 1 heterocycles. The van der Waals surface area contributed by atoms with E-state index < -0.39 is 0 Å². The number of carbonyl (C=O) groups excluding carboxylic acids is 1. The average Bonchev–Trinajstić information content (AvgIpc) is 2.60. The van der Waals surface area contributed by atoms with Crippen LogP contribution in [-0.2, 0) is 11.2 Å². The fourth-order valence-electron chi connectivity index (χ4n) is 2.99. The number of fused-ring (bicyclic) bond motifs is 1. The topological polar surface area (TPSA) is 29.5 Å². The lowest BCUT2D eigenvalue weighted by Gasteiger charge is -2.31. The van der Waals surface area contributed by atoms with Gasteiger partial charge >= 0.3 is 0 Å². The van der Waals surface area contributed by atoms with Crippen molar-refractivity contribution >= 4 is 23.4 Å². The Balaban J connectivity index is 1.69. The molecule has 0 saturated heterocycles. The van der Waals surface area contributed by atoms with Gasteiger partial charge in [0.15, 0.2) is 0 Å². The summed E-state index contributed by atoms with van der Waals surface area (Å²) in [5.74, 6) is 1.47. The van der Waals surface area contributed by atoms with Gasteiger partial charge in [-0.05, 0) is 55.2 Å². The van der Waals surface area contributed by atoms with Crippen LogP contribution in [0.2, 0.25) is 0 Å². The fourth-order valence-corrected chi connectivity index (χ4v) is 3.77. The molecule has 0 aliphatic carbocycles. The number of amides is 1. The van der Waals surface area contributed by atoms with E-state index in [9.17, 15) is 4.79 Å². The van der Waals surface area contributed by atoms with Gasteiger partial charge < -0.3 is 9.64 Å². The third-order valence-corrected chi connectivity index (χ3v) is 5.14. The van der Waals surface area contributed by atoms with E-state index in [1.807, 2.05) is 29.2 Å². The van der Waals surface area contributed by atoms with Crippen LogP contribution in [0.25, 0.3) is 0 Å². The Morgan fingerprint density at radius 1 is 1.22 bits per heavy atom. The highest BCUT2D eigenvalue weighted by Crippen LogP contribution is 2.31. The Hall–Kier alpha value is -1.94. The lowest BCUT2D eigenvalue weighted by atomic mass is 9.98. The Bertz CT molecular complexity index is 697. The van der Waals surface area contributed by atoms with Gasteiger partial charge in [0.1, 0.15) is 5.75 Å². The predicted octanol–water partition coefficient (Wildman–Crippen LogP) is 4.08. The highest BCUT2D eigenvalue weighted by atomic mass is 32.2. The predicted molar refractivity (Wildman–Crippen MR) is 95.6 cm³/mol. The smallest absolute Gasteiger partial charge is 0.237 e. The van der Waals surface area contributed by atoms with Crippen molar-refractivity contribution in [2.24, 2.45) is 0 Å². The van der Waals surface area contributed by atoms with Crippen LogP contribution in [0.1, 0.15) is 17.5 Å². The molecule has 120 valence electrons. The molecule has 23 heavy (non-hydrogen) atoms. The number of nitrogens with zero attached hydrogens (tertiary/aromatic N) is 1. The summed E-state index contributed by atoms with van der Waals surface area (Å²) in [6, 6.07) is 14.1. The number of carbonyl (C=O) groups is 1. The molecule has 0 saturated carbocycles. The summed E-state index contributed by atoms with van der Waals surface area (Å²) in [5.41, 5.74) is 3.60. The second-order valence-corrected chi connectivity index (χ2v) is 6.74. The minimum Gasteiger partial charge on any atom is -0.497 e. The van der Waals surface area contributed by atoms with E-state index >= 15 is 0 Å². The lowest BCUT2D eigenvalue weighted by molar-refractivity contribution is -0.116. The molecule has 0 radical (unpaired) electrons. The number of anilines is 1. The number of hydrogen-bond donors (Lipinski definition) is 0. The Morgan fingerprint density at radius 2 is 2.00 bits per heavy atom. The maximum absolute atomic E-state index is 12.7. The largest absolute Gasteiger partial charge is 0.497 e. The van der Waals surface area contributed by atoms with Crippen LogP contribution in [0, 0.1) is 6.92 Å². The third-order valence-electron chi connectivity index (χ3n) is 4.14. The first kappa shape index (κ1) is 15.9. The van der Waals surface area contributed by atoms with Crippen LogP contribution in [0.3, 0.4) is 0 Å². The van der Waals surface area contributed by atoms with Gasteiger partial charge in [0.05, 0.1) is 12.9 Å². The summed E-state index contributed by atoms with van der Waals surface area (Å²) in [6.45, 7) is 2.90. The van der Waals surface area contributed by atoms with Crippen molar-refractivity contribution in [2.75, 3.05) is 24.3 Å². The van der Waals surface area contributed by atoms with Gasteiger partial charge in [-0.25, -0.2) is 0 Å². The fraction of sp³-hybridized carbons (Fsp3) is 0.316. The minimum absolute atomic E-state index is 0.182. The summed E-state index contributed by atoms with van der Waals surface area (Å²) in [6.07, 6.45) is 2.10. The van der Waals surface area contributed by atoms with Crippen molar-refractivity contribution in [1.29, 1.82) is 0 Å². The molecule has 1 amide bonds. The van der Waals surface area contributed by atoms with E-state index in [4.69, 9.17) is 4.74 Å². The number of methoxy groups -OCH3 is 1. The average molecular weight is 327 g/mol. The third kappa shape index (κ3) is 3.53. The van der Waals surface area contributed by atoms with Gasteiger partial charge in [-0.1, -0.05) is 18.2 Å². The molecule has 2 aromatic carbocycles. The minimum atomic E-state index is 0.182. The Morgan fingerprint density at radius 3 is 2.74 bits per heavy atom. The van der Waals surface area contributed by atoms with Gasteiger partial charge in [0.25, 0.3) is 0 Å². The molecule has 0 atom stereocenters. The van der Waals surface area contributed by atoms with E-state index in [0.717, 1.165) is 35.7 Å². The van der Waals surface area contributed by atoms with E-state index in [0.29, 0.717) is 5.75 Å². The SMILES string of the molecule is COc1ccc(SCC(=O)N2CCCc3cccc(C)c32)cc1. The Kier molecular flexibility index (Phi) is 4.91. The van der Waals surface area contributed by atoms with Gasteiger partial charge in [-0.2, -0.15) is 0 Å². The first-order valence-corrected chi connectivity index (χ1v) is 8.83. The first-order chi connectivity index (χ1) is 11.2. The highest BCUT2D eigenvalue weighted by molar-refractivity contribution is 8.00. The van der Waals surface area contributed by atoms with Crippen molar-refractivity contribution < 1.29 is 9.53 Å². The molecule has 3 rings (SSSR count). The monoisotopic (exact) mass is 327 g/mol. The van der Waals surface area contributed by atoms with Crippen LogP contribution in [-0.4, -0.2) is 25.3 Å². The highest BCUT2D eigenvalue weighted by Gasteiger charge is 2.23. The van der Waals surface area contributed by atoms with Crippen LogP contribution in [0.4, 0.5) is 5.69 Å². The molecular weight excluding hydrogens is 306 g/mol. The maximum atomic E-state index is 12.7. The Labute approximate surface area is 141 Å². The molecule has 0 bridgehead atoms. The van der Waals surface area contributed by atoms with E-state index in [1.165, 1.54) is 11.1 Å². The van der Waals surface area contributed by atoms with Gasteiger partial charge in [0.2, 0.25) is 5.91 Å². The van der Waals surface area contributed by atoms with Gasteiger partial charge in [-0.15, -0.1) is 11.8 Å². The zero-order valence-corrected chi connectivity index (χ0v) is 14.4. The molecule has 4 heteroatoms. The second kappa shape index (κ2) is 7.09. The van der Waals surface area contributed by atoms with Gasteiger partial charge in [0, 0.05) is 17.1 Å². The number of benzene rings is 2. The number of aryl methyl sites for hydroxylation is 2. The van der Waals surface area contributed by atoms with Crippen LogP contribution < -0.4 is 9.64 Å². The van der Waals surface area contributed by atoms with Crippen LogP contribution in [0.15, 0.2) is 47.4 Å². The van der Waals surface area contributed by atoms with Crippen LogP contribution >= 0.6 is 11.8 Å². The molecular formula is C19H21NO2S. The molecule has 1 aliphatic rings. The molecule has 0 fully saturated rings. The number of para-hydroxylation sites is 1. The maximum Gasteiger partial charge on any atom is 0.237 e. The number of hydrogen-bond acceptors (Lipinski definition) is 3. The normalized spacial score (nSPS) is 13.6. The molecule has 3 nitrogen and oxygen atoms in total. The van der Waals surface area contributed by atoms with E-state index in [2.05, 4.69) is 25.1 Å². The molecule has 0 unspecified atom stereocenters. The quantitative estimate of drug-likeness (QED) is 0.793. The zero-order chi connectivity index (χ0) is 16.2. The standard InChI is InChI=1S/C19H21NO2S/c1-14-5-3-6-15-7-4-12-20(19(14)15)18(21)13-23-17-10-8-16(22-2)9-11-17/h3,5-6,8-11H,4,7,12-13H2,1-2H3. The lowest BCUT2D eigenvalue weighted by Crippen LogP contribution is -2.37. The number of ether oxygens (including phenoxy) is 1. The van der Waals surface area contributed by atoms with Crippen molar-refractivity contribution in [2.45, 2.75) is 24.7 Å². The van der Waals surface area contributed by atoms with Crippen molar-refractivity contribution in [3.05, 3.63) is 53.6 Å². The molecule has 1 aliphatic heterocycles. The summed E-state index contributed by atoms with van der Waals surface area (Å²) < 4.78 is 5.16. The van der Waals surface area contributed by atoms with Crippen molar-refractivity contribution in [1.82, 2.24) is 0 Å². The van der Waals surface area contributed by atoms with Crippen molar-refractivity contribution in [3.8, 4) is 5.75 Å². The summed E-state index contributed by atoms with van der Waals surface area (Å²) in [4.78, 5) is 15.7. The van der Waals surface area contributed by atoms with Crippen molar-refractivity contribution in [3.63, 3.8) is 0 Å². The molecule has 0 aromatic heterocycles. The molecule has 0 N–H and O–H groups in total. The zero-order valence-electron chi connectivity index (χ0n) is 13.5. The first-order valence-electron chi connectivity index (χ1n) is 7.85. The number of rotatable bonds is 4. The summed E-state index contributed by atoms with van der Waals surface area (Å²) in [5, 5.41) is 0. The van der Waals surface area contributed by atoms with Gasteiger partial charge in [-0.3, -0.25) is 4.79 Å². The summed E-state index contributed by atoms with van der Waals surface area (Å²) in [7, 11) is 1.65. The molecule has 2 aromatic rings. The summed E-state index contributed by atoms with van der Waals surface area (Å²) >= 11 is 1.58. The second-order valence-electron chi connectivity index (χ2n) is 5.70. The number of thioether (sulfide) groups is 1. The molecule has 0 spiro atoms.